The highest BCUT2D eigenvalue weighted by molar-refractivity contribution is 5.79. The minimum Gasteiger partial charge on any atom is -0.355 e. The number of amides is 2. The first kappa shape index (κ1) is 26.1. The van der Waals surface area contributed by atoms with E-state index in [-0.39, 0.29) is 31.2 Å². The largest absolute Gasteiger partial charge is 0.355 e. The number of benzene rings is 2. The first-order valence-electron chi connectivity index (χ1n) is 11.6. The highest BCUT2D eigenvalue weighted by Gasteiger charge is 2.08. The van der Waals surface area contributed by atoms with Crippen LogP contribution in [0.1, 0.15) is 55.2 Å². The highest BCUT2D eigenvalue weighted by atomic mass is 16.7. The van der Waals surface area contributed by atoms with Gasteiger partial charge in [-0.15, -0.1) is 0 Å². The quantitative estimate of drug-likeness (QED) is 0.301. The van der Waals surface area contributed by atoms with E-state index in [0.29, 0.717) is 13.0 Å². The number of carbonyl (C=O) groups excluding carboxylic acids is 3. The van der Waals surface area contributed by atoms with Crippen molar-refractivity contribution >= 4 is 17.8 Å². The summed E-state index contributed by atoms with van der Waals surface area (Å²) in [6.07, 6.45) is 6.88. The van der Waals surface area contributed by atoms with Crippen LogP contribution in [0.5, 0.6) is 0 Å². The van der Waals surface area contributed by atoms with Crippen LogP contribution >= 0.6 is 0 Å². The molecule has 178 valence electrons. The lowest BCUT2D eigenvalue weighted by atomic mass is 10.0. The maximum Gasteiger partial charge on any atom is 0.332 e. The molecule has 7 heteroatoms. The molecule has 0 aliphatic heterocycles. The van der Waals surface area contributed by atoms with E-state index in [2.05, 4.69) is 35.1 Å². The predicted molar refractivity (Wildman–Crippen MR) is 128 cm³/mol. The van der Waals surface area contributed by atoms with Gasteiger partial charge in [0.2, 0.25) is 5.91 Å². The molecule has 0 saturated carbocycles. The van der Waals surface area contributed by atoms with Crippen LogP contribution in [0.3, 0.4) is 0 Å². The van der Waals surface area contributed by atoms with Crippen LogP contribution in [0.2, 0.25) is 0 Å². The summed E-state index contributed by atoms with van der Waals surface area (Å²) in [6.45, 7) is 0.514. The number of hydrogen-bond donors (Lipinski definition) is 3. The maximum atomic E-state index is 12.0. The molecule has 2 amide bonds. The SMILES string of the molecule is NCC(=O)NCCCCCC(=O)ONC(=O)Cc1ccc(CCCCc2ccccc2)cc1. The first-order valence-corrected chi connectivity index (χ1v) is 11.6. The van der Waals surface area contributed by atoms with Crippen LogP contribution in [0, 0.1) is 0 Å². The molecule has 0 bridgehead atoms. The molecule has 0 unspecified atom stereocenters. The van der Waals surface area contributed by atoms with Crippen LogP contribution in [0.25, 0.3) is 0 Å². The summed E-state index contributed by atoms with van der Waals surface area (Å²) in [5.74, 6) is -1.02. The maximum absolute atomic E-state index is 12.0. The Morgan fingerprint density at radius 2 is 1.36 bits per heavy atom. The third-order valence-corrected chi connectivity index (χ3v) is 5.26. The van der Waals surface area contributed by atoms with E-state index >= 15 is 0 Å². The van der Waals surface area contributed by atoms with Crippen molar-refractivity contribution in [2.75, 3.05) is 13.1 Å². The van der Waals surface area contributed by atoms with E-state index in [1.54, 1.807) is 0 Å². The molecular formula is C26H35N3O4. The Bertz CT molecular complexity index is 854. The Kier molecular flexibility index (Phi) is 12.3. The molecule has 33 heavy (non-hydrogen) atoms. The van der Waals surface area contributed by atoms with Crippen LogP contribution in [0.4, 0.5) is 0 Å². The number of unbranched alkanes of at least 4 members (excludes halogenated alkanes) is 3. The third-order valence-electron chi connectivity index (χ3n) is 5.26. The van der Waals surface area contributed by atoms with Gasteiger partial charge in [0.05, 0.1) is 13.0 Å². The summed E-state index contributed by atoms with van der Waals surface area (Å²) >= 11 is 0. The lowest BCUT2D eigenvalue weighted by Gasteiger charge is -2.07. The fourth-order valence-electron chi connectivity index (χ4n) is 3.38. The minimum atomic E-state index is -0.472. The molecule has 2 rings (SSSR count). The zero-order valence-corrected chi connectivity index (χ0v) is 19.2. The van der Waals surface area contributed by atoms with Gasteiger partial charge < -0.3 is 15.9 Å². The second-order valence-corrected chi connectivity index (χ2v) is 8.05. The Balaban J connectivity index is 1.54. The van der Waals surface area contributed by atoms with Crippen molar-refractivity contribution in [1.82, 2.24) is 10.8 Å². The lowest BCUT2D eigenvalue weighted by Crippen LogP contribution is -2.30. The van der Waals surface area contributed by atoms with Gasteiger partial charge >= 0.3 is 5.97 Å². The normalized spacial score (nSPS) is 10.5. The monoisotopic (exact) mass is 453 g/mol. The van der Waals surface area contributed by atoms with Crippen LogP contribution in [-0.4, -0.2) is 30.9 Å². The fraction of sp³-hybridized carbons (Fsp3) is 0.423. The lowest BCUT2D eigenvalue weighted by molar-refractivity contribution is -0.158. The number of rotatable bonds is 14. The number of hydrogen-bond acceptors (Lipinski definition) is 5. The van der Waals surface area contributed by atoms with Crippen molar-refractivity contribution in [2.24, 2.45) is 5.73 Å². The standard InChI is InChI=1S/C26H35N3O4/c27-20-25(31)28-18-8-2-5-13-26(32)33-29-24(30)19-23-16-14-22(15-17-23)12-7-6-11-21-9-3-1-4-10-21/h1,3-4,9-10,14-17H,2,5-8,11-13,18-20,27H2,(H,28,31)(H,29,30). The summed E-state index contributed by atoms with van der Waals surface area (Å²) in [5.41, 5.74) is 10.9. The Morgan fingerprint density at radius 3 is 2.03 bits per heavy atom. The average Bonchev–Trinajstić information content (AvgIpc) is 2.84. The number of nitrogens with one attached hydrogen (secondary N) is 2. The van der Waals surface area contributed by atoms with E-state index in [4.69, 9.17) is 10.6 Å². The van der Waals surface area contributed by atoms with E-state index in [1.807, 2.05) is 30.3 Å². The molecule has 2 aromatic rings. The molecule has 0 fully saturated rings. The molecule has 0 heterocycles. The molecule has 0 spiro atoms. The van der Waals surface area contributed by atoms with Gasteiger partial charge in [0, 0.05) is 13.0 Å². The predicted octanol–water partition coefficient (Wildman–Crippen LogP) is 3.00. The summed E-state index contributed by atoms with van der Waals surface area (Å²) in [4.78, 5) is 39.6. The average molecular weight is 454 g/mol. The van der Waals surface area contributed by atoms with E-state index in [1.165, 1.54) is 11.1 Å². The number of carbonyl (C=O) groups is 3. The van der Waals surface area contributed by atoms with Crippen molar-refractivity contribution < 1.29 is 19.2 Å². The topological polar surface area (TPSA) is 111 Å². The number of nitrogens with two attached hydrogens (primary N) is 1. The van der Waals surface area contributed by atoms with Gasteiger partial charge in [-0.2, -0.15) is 5.48 Å². The van der Waals surface area contributed by atoms with Gasteiger partial charge in [-0.25, -0.2) is 4.79 Å². The van der Waals surface area contributed by atoms with Gasteiger partial charge in [-0.05, 0) is 55.2 Å². The molecule has 0 aromatic heterocycles. The Labute approximate surface area is 196 Å². The third kappa shape index (κ3) is 11.8. The molecule has 2 aromatic carbocycles. The molecule has 0 atom stereocenters. The van der Waals surface area contributed by atoms with Crippen molar-refractivity contribution in [3.63, 3.8) is 0 Å². The first-order chi connectivity index (χ1) is 16.1. The van der Waals surface area contributed by atoms with Gasteiger partial charge in [0.15, 0.2) is 0 Å². The Hall–Kier alpha value is -3.19. The van der Waals surface area contributed by atoms with Crippen LogP contribution in [0.15, 0.2) is 54.6 Å². The summed E-state index contributed by atoms with van der Waals surface area (Å²) in [5, 5.41) is 2.67. The molecule has 0 saturated heterocycles. The van der Waals surface area contributed by atoms with E-state index in [9.17, 15) is 14.4 Å². The van der Waals surface area contributed by atoms with Gasteiger partial charge in [-0.3, -0.25) is 9.59 Å². The van der Waals surface area contributed by atoms with Gasteiger partial charge in [0.25, 0.3) is 5.91 Å². The van der Waals surface area contributed by atoms with Crippen LogP contribution in [-0.2, 0) is 38.5 Å². The highest BCUT2D eigenvalue weighted by Crippen LogP contribution is 2.11. The second kappa shape index (κ2) is 15.6. The van der Waals surface area contributed by atoms with Crippen LogP contribution < -0.4 is 16.5 Å². The van der Waals surface area contributed by atoms with Crippen molar-refractivity contribution in [3.05, 3.63) is 71.3 Å². The van der Waals surface area contributed by atoms with Crippen molar-refractivity contribution in [1.29, 1.82) is 0 Å². The smallest absolute Gasteiger partial charge is 0.332 e. The zero-order valence-electron chi connectivity index (χ0n) is 19.2. The molecular weight excluding hydrogens is 418 g/mol. The van der Waals surface area contributed by atoms with E-state index in [0.717, 1.165) is 44.1 Å². The molecule has 0 aliphatic carbocycles. The van der Waals surface area contributed by atoms with Crippen molar-refractivity contribution in [3.8, 4) is 0 Å². The minimum absolute atomic E-state index is 0.0225. The second-order valence-electron chi connectivity index (χ2n) is 8.05. The van der Waals surface area contributed by atoms with Crippen molar-refractivity contribution in [2.45, 2.75) is 57.8 Å². The summed E-state index contributed by atoms with van der Waals surface area (Å²) < 4.78 is 0. The van der Waals surface area contributed by atoms with E-state index < -0.39 is 5.97 Å². The molecule has 4 N–H and O–H groups in total. The number of aryl methyl sites for hydroxylation is 2. The van der Waals surface area contributed by atoms with Gasteiger partial charge in [0.1, 0.15) is 0 Å². The molecule has 0 radical (unpaired) electrons. The fourth-order valence-corrected chi connectivity index (χ4v) is 3.38. The van der Waals surface area contributed by atoms with Gasteiger partial charge in [-0.1, -0.05) is 61.0 Å². The summed E-state index contributed by atoms with van der Waals surface area (Å²) in [7, 11) is 0. The zero-order chi connectivity index (χ0) is 23.7. The molecule has 7 nitrogen and oxygen atoms in total. The Morgan fingerprint density at radius 1 is 0.727 bits per heavy atom. The summed E-state index contributed by atoms with van der Waals surface area (Å²) in [6, 6.07) is 18.5. The number of hydroxylamine groups is 1. The molecule has 0 aliphatic rings.